The first kappa shape index (κ1) is 19.9. The maximum atomic E-state index is 11.6. The van der Waals surface area contributed by atoms with E-state index in [1.807, 2.05) is 4.72 Å². The van der Waals surface area contributed by atoms with E-state index in [0.29, 0.717) is 4.31 Å². The Kier molecular flexibility index (Phi) is 6.59. The monoisotopic (exact) mass is 368 g/mol. The average Bonchev–Trinajstić information content (AvgIpc) is 2.39. The van der Waals surface area contributed by atoms with E-state index in [0.717, 1.165) is 0 Å². The van der Waals surface area contributed by atoms with Crippen molar-refractivity contribution < 1.29 is 56.9 Å². The van der Waals surface area contributed by atoms with Crippen LogP contribution in [0.3, 0.4) is 0 Å². The van der Waals surface area contributed by atoms with Gasteiger partial charge in [0.15, 0.2) is 0 Å². The Bertz CT molecular complexity index is 860. The fraction of sp³-hybridized carbons (Fsp3) is 0. The standard InChI is InChI=1S/C12H12N2O6S2.Na.H/c15-21(16,17)13-10-6-8-12(9-7-10)14(22(18,19)20)11-4-2-1-3-5-11;;/h1-9,13H,(H,15,16,17)(H,18,19,20);;/q;+1;-1. The van der Waals surface area contributed by atoms with Gasteiger partial charge in [0.2, 0.25) is 0 Å². The zero-order valence-corrected chi connectivity index (χ0v) is 15.6. The number of hydrogen-bond donors (Lipinski definition) is 3. The minimum Gasteiger partial charge on any atom is -1.00 e. The third kappa shape index (κ3) is 5.77. The van der Waals surface area contributed by atoms with Crippen molar-refractivity contribution in [2.24, 2.45) is 0 Å². The molecular weight excluding hydrogens is 355 g/mol. The number of rotatable bonds is 5. The minimum absolute atomic E-state index is 0. The molecule has 0 radical (unpaired) electrons. The molecule has 2 rings (SSSR count). The SMILES string of the molecule is O=S(=O)(O)Nc1ccc(N(c2ccccc2)S(=O)(=O)O)cc1.[H-].[Na+]. The van der Waals surface area contributed by atoms with Gasteiger partial charge in [0.25, 0.3) is 0 Å². The molecule has 23 heavy (non-hydrogen) atoms. The number of para-hydroxylation sites is 1. The van der Waals surface area contributed by atoms with Crippen molar-refractivity contribution >= 4 is 37.7 Å². The normalized spacial score (nSPS) is 11.4. The van der Waals surface area contributed by atoms with Gasteiger partial charge in [-0.15, -0.1) is 0 Å². The van der Waals surface area contributed by atoms with Crippen molar-refractivity contribution in [1.82, 2.24) is 0 Å². The van der Waals surface area contributed by atoms with E-state index >= 15 is 0 Å². The third-order valence-corrected chi connectivity index (χ3v) is 3.95. The van der Waals surface area contributed by atoms with Gasteiger partial charge in [-0.3, -0.25) is 13.8 Å². The van der Waals surface area contributed by atoms with Gasteiger partial charge in [-0.1, -0.05) is 18.2 Å². The molecule has 11 heteroatoms. The molecule has 0 amide bonds. The molecule has 0 atom stereocenters. The van der Waals surface area contributed by atoms with Gasteiger partial charge in [0, 0.05) is 0 Å². The van der Waals surface area contributed by atoms with Crippen LogP contribution < -0.4 is 38.6 Å². The summed E-state index contributed by atoms with van der Waals surface area (Å²) >= 11 is 0. The molecule has 0 spiro atoms. The first-order valence-electron chi connectivity index (χ1n) is 5.85. The van der Waals surface area contributed by atoms with Crippen LogP contribution in [0, 0.1) is 0 Å². The van der Waals surface area contributed by atoms with Gasteiger partial charge in [-0.05, 0) is 36.4 Å². The molecule has 0 fully saturated rings. The maximum absolute atomic E-state index is 11.6. The minimum atomic E-state index is -4.57. The van der Waals surface area contributed by atoms with E-state index in [-0.39, 0.29) is 48.0 Å². The summed E-state index contributed by atoms with van der Waals surface area (Å²) in [5.41, 5.74) is 0.338. The number of anilines is 3. The van der Waals surface area contributed by atoms with Crippen molar-refractivity contribution in [2.75, 3.05) is 9.03 Å². The number of hydrogen-bond acceptors (Lipinski definition) is 4. The van der Waals surface area contributed by atoms with Crippen LogP contribution in [0.25, 0.3) is 0 Å². The fourth-order valence-electron chi connectivity index (χ4n) is 1.79. The Hall–Kier alpha value is -1.14. The summed E-state index contributed by atoms with van der Waals surface area (Å²) in [6.45, 7) is 0. The largest absolute Gasteiger partial charge is 1.00 e. The van der Waals surface area contributed by atoms with E-state index in [1.165, 1.54) is 36.4 Å². The number of benzene rings is 2. The van der Waals surface area contributed by atoms with E-state index < -0.39 is 20.6 Å². The molecule has 0 heterocycles. The molecule has 0 saturated heterocycles. The topological polar surface area (TPSA) is 124 Å². The summed E-state index contributed by atoms with van der Waals surface area (Å²) in [7, 11) is -9.00. The van der Waals surface area contributed by atoms with Gasteiger partial charge < -0.3 is 1.43 Å². The van der Waals surface area contributed by atoms with Gasteiger partial charge in [0.05, 0.1) is 17.1 Å². The van der Waals surface area contributed by atoms with E-state index in [2.05, 4.69) is 0 Å². The summed E-state index contributed by atoms with van der Waals surface area (Å²) in [4.78, 5) is 0. The van der Waals surface area contributed by atoms with Crippen LogP contribution in [0.1, 0.15) is 1.43 Å². The summed E-state index contributed by atoms with van der Waals surface area (Å²) in [5, 5.41) is 0. The summed E-state index contributed by atoms with van der Waals surface area (Å²) in [5.74, 6) is 0. The predicted octanol–water partition coefficient (Wildman–Crippen LogP) is -1.04. The molecule has 0 aliphatic heterocycles. The molecule has 0 unspecified atom stereocenters. The third-order valence-electron chi connectivity index (χ3n) is 2.57. The molecule has 2 aromatic carbocycles. The van der Waals surface area contributed by atoms with Crippen LogP contribution in [-0.2, 0) is 20.6 Å². The molecule has 2 aromatic rings. The molecular formula is C12H13N2NaO6S2. The molecule has 120 valence electrons. The van der Waals surface area contributed by atoms with E-state index in [4.69, 9.17) is 4.55 Å². The average molecular weight is 368 g/mol. The fourth-order valence-corrected chi connectivity index (χ4v) is 3.00. The molecule has 0 saturated carbocycles. The van der Waals surface area contributed by atoms with Crippen molar-refractivity contribution in [3.8, 4) is 0 Å². The van der Waals surface area contributed by atoms with Gasteiger partial charge in [0.1, 0.15) is 0 Å². The second-order valence-electron chi connectivity index (χ2n) is 4.20. The Morgan fingerprint density at radius 2 is 1.30 bits per heavy atom. The maximum Gasteiger partial charge on any atom is 1.00 e. The van der Waals surface area contributed by atoms with Gasteiger partial charge in [-0.25, -0.2) is 4.31 Å². The zero-order valence-electron chi connectivity index (χ0n) is 13.0. The molecule has 3 N–H and O–H groups in total. The second kappa shape index (κ2) is 7.62. The van der Waals surface area contributed by atoms with Gasteiger partial charge in [-0.2, -0.15) is 16.8 Å². The molecule has 0 aliphatic rings. The smallest absolute Gasteiger partial charge is 1.00 e. The quantitative estimate of drug-likeness (QED) is 0.457. The number of nitrogens with zero attached hydrogens (tertiary/aromatic N) is 1. The second-order valence-corrected chi connectivity index (χ2v) is 6.62. The van der Waals surface area contributed by atoms with Gasteiger partial charge >= 0.3 is 50.2 Å². The summed E-state index contributed by atoms with van der Waals surface area (Å²) < 4.78 is 65.1. The van der Waals surface area contributed by atoms with Crippen LogP contribution in [0.15, 0.2) is 54.6 Å². The molecule has 8 nitrogen and oxygen atoms in total. The molecule has 0 bridgehead atoms. The first-order valence-corrected chi connectivity index (χ1v) is 8.68. The summed E-state index contributed by atoms with van der Waals surface area (Å²) in [6.07, 6.45) is 0. The van der Waals surface area contributed by atoms with Crippen molar-refractivity contribution in [3.63, 3.8) is 0 Å². The zero-order chi connectivity index (χ0) is 16.4. The van der Waals surface area contributed by atoms with Crippen LogP contribution in [0.5, 0.6) is 0 Å². The Labute approximate surface area is 157 Å². The van der Waals surface area contributed by atoms with E-state index in [9.17, 15) is 21.4 Å². The van der Waals surface area contributed by atoms with E-state index in [1.54, 1.807) is 18.2 Å². The predicted molar refractivity (Wildman–Crippen MR) is 82.9 cm³/mol. The Morgan fingerprint density at radius 1 is 0.826 bits per heavy atom. The first-order chi connectivity index (χ1) is 10.2. The Balaban J connectivity index is 0.00000264. The van der Waals surface area contributed by atoms with Crippen LogP contribution >= 0.6 is 0 Å². The molecule has 0 aromatic heterocycles. The summed E-state index contributed by atoms with van der Waals surface area (Å²) in [6, 6.07) is 12.9. The Morgan fingerprint density at radius 3 is 1.74 bits per heavy atom. The number of nitrogens with one attached hydrogen (secondary N) is 1. The van der Waals surface area contributed by atoms with Crippen molar-refractivity contribution in [1.29, 1.82) is 0 Å². The van der Waals surface area contributed by atoms with Crippen LogP contribution in [0.4, 0.5) is 17.1 Å². The van der Waals surface area contributed by atoms with Crippen LogP contribution in [-0.4, -0.2) is 25.9 Å². The van der Waals surface area contributed by atoms with Crippen molar-refractivity contribution in [3.05, 3.63) is 54.6 Å². The van der Waals surface area contributed by atoms with Crippen molar-refractivity contribution in [2.45, 2.75) is 0 Å². The molecule has 0 aliphatic carbocycles. The van der Waals surface area contributed by atoms with Crippen LogP contribution in [0.2, 0.25) is 0 Å².